The Hall–Kier alpha value is -1.01. The summed E-state index contributed by atoms with van der Waals surface area (Å²) in [6.07, 6.45) is -13.1. The number of ether oxygens (including phenoxy) is 1. The molecule has 12 N–H and O–H groups in total. The first kappa shape index (κ1) is 35.0. The minimum Gasteiger partial charge on any atom is -0.459 e. The van der Waals surface area contributed by atoms with Crippen molar-refractivity contribution < 1.29 is 60.6 Å². The molecule has 0 amide bonds. The minimum absolute atomic E-state index is 0.145. The van der Waals surface area contributed by atoms with E-state index in [1.54, 1.807) is 20.8 Å². The molecule has 14 heteroatoms. The average molecular weight is 531 g/mol. The molecule has 0 saturated heterocycles. The predicted octanol–water partition coefficient (Wildman–Crippen LogP) is -5.00. The summed E-state index contributed by atoms with van der Waals surface area (Å²) >= 11 is 0. The van der Waals surface area contributed by atoms with E-state index in [1.807, 2.05) is 0 Å². The van der Waals surface area contributed by atoms with Crippen LogP contribution in [0.5, 0.6) is 0 Å². The fraction of sp³-hybridized carbons (Fsp3) is 0.955. The van der Waals surface area contributed by atoms with E-state index in [-0.39, 0.29) is 26.1 Å². The molecular weight excluding hydrogens is 484 g/mol. The summed E-state index contributed by atoms with van der Waals surface area (Å²) in [5.74, 6) is -0.565. The van der Waals surface area contributed by atoms with Crippen LogP contribution in [0.2, 0.25) is 0 Å². The molecule has 0 rings (SSSR count). The van der Waals surface area contributed by atoms with Crippen LogP contribution in [-0.2, 0) is 9.53 Å². The molecule has 216 valence electrons. The smallest absolute Gasteiger partial charge is 0.323 e. The van der Waals surface area contributed by atoms with Crippen molar-refractivity contribution in [1.29, 1.82) is 0 Å². The first-order valence-electron chi connectivity index (χ1n) is 11.9. The molecule has 0 aromatic rings. The van der Waals surface area contributed by atoms with Crippen LogP contribution < -0.4 is 5.73 Å². The van der Waals surface area contributed by atoms with Crippen molar-refractivity contribution in [1.82, 2.24) is 4.90 Å². The van der Waals surface area contributed by atoms with Gasteiger partial charge in [0.05, 0.1) is 25.4 Å². The lowest BCUT2D eigenvalue weighted by molar-refractivity contribution is -0.156. The van der Waals surface area contributed by atoms with Gasteiger partial charge >= 0.3 is 5.97 Å². The van der Waals surface area contributed by atoms with Crippen molar-refractivity contribution in [2.45, 2.75) is 101 Å². The van der Waals surface area contributed by atoms with Gasteiger partial charge in [-0.1, -0.05) is 6.42 Å². The number of nitrogens with two attached hydrogens (primary N) is 1. The molecule has 14 nitrogen and oxygen atoms in total. The second-order valence-corrected chi connectivity index (χ2v) is 9.99. The van der Waals surface area contributed by atoms with Gasteiger partial charge in [0.15, 0.2) is 0 Å². The maximum Gasteiger partial charge on any atom is 0.323 e. The van der Waals surface area contributed by atoms with E-state index in [9.17, 15) is 45.6 Å². The van der Waals surface area contributed by atoms with Crippen LogP contribution in [0.1, 0.15) is 40.0 Å². The summed E-state index contributed by atoms with van der Waals surface area (Å²) in [6.45, 7) is 2.83. The van der Waals surface area contributed by atoms with Crippen molar-refractivity contribution in [2.24, 2.45) is 5.73 Å². The number of carbonyl (C=O) groups excluding carboxylic acids is 1. The summed E-state index contributed by atoms with van der Waals surface area (Å²) in [6, 6.07) is -0.872. The van der Waals surface area contributed by atoms with Crippen LogP contribution in [-0.4, -0.2) is 155 Å². The first-order chi connectivity index (χ1) is 16.5. The molecule has 0 spiro atoms. The standard InChI is InChI=1S/C22H46N2O12/c1-22(2,3)36-21(35)12(23)6-4-5-7-24(8-13(27)17(31)19(33)15(29)10-25)9-14(28)18(32)20(34)16(30)11-26/h12-20,25-34H,4-11,23H2,1-3H3/t12-,13-,14-,15+,16+,17+,18+,19+,20?/m0/s1. The summed E-state index contributed by atoms with van der Waals surface area (Å²) < 4.78 is 5.22. The number of esters is 1. The minimum atomic E-state index is -1.87. The van der Waals surface area contributed by atoms with Gasteiger partial charge in [0.2, 0.25) is 0 Å². The Morgan fingerprint density at radius 2 is 1.14 bits per heavy atom. The average Bonchev–Trinajstić information content (AvgIpc) is 2.81. The Balaban J connectivity index is 5.16. The Bertz CT molecular complexity index is 578. The van der Waals surface area contributed by atoms with Gasteiger partial charge in [0.25, 0.3) is 0 Å². The molecule has 0 heterocycles. The number of aliphatic hydroxyl groups is 10. The number of carbonyl (C=O) groups is 1. The van der Waals surface area contributed by atoms with Crippen LogP contribution in [0.15, 0.2) is 0 Å². The second-order valence-electron chi connectivity index (χ2n) is 9.99. The fourth-order valence-corrected chi connectivity index (χ4v) is 3.32. The molecule has 0 bridgehead atoms. The number of unbranched alkanes of at least 4 members (excludes halogenated alkanes) is 1. The Labute approximate surface area is 211 Å². The van der Waals surface area contributed by atoms with Gasteiger partial charge in [0, 0.05) is 13.1 Å². The highest BCUT2D eigenvalue weighted by Crippen LogP contribution is 2.13. The van der Waals surface area contributed by atoms with Gasteiger partial charge in [-0.25, -0.2) is 0 Å². The molecule has 0 aliphatic carbocycles. The monoisotopic (exact) mass is 530 g/mol. The molecule has 0 radical (unpaired) electrons. The van der Waals surface area contributed by atoms with Crippen molar-refractivity contribution >= 4 is 5.97 Å². The molecule has 0 saturated carbocycles. The molecule has 0 aliphatic heterocycles. The van der Waals surface area contributed by atoms with Crippen LogP contribution in [0, 0.1) is 0 Å². The maximum absolute atomic E-state index is 12.0. The van der Waals surface area contributed by atoms with Crippen LogP contribution in [0.4, 0.5) is 0 Å². The number of rotatable bonds is 18. The lowest BCUT2D eigenvalue weighted by atomic mass is 10.0. The zero-order valence-corrected chi connectivity index (χ0v) is 21.2. The Morgan fingerprint density at radius 3 is 1.50 bits per heavy atom. The summed E-state index contributed by atoms with van der Waals surface area (Å²) in [7, 11) is 0. The number of hydrogen-bond acceptors (Lipinski definition) is 14. The zero-order chi connectivity index (χ0) is 28.2. The molecular formula is C22H46N2O12. The van der Waals surface area contributed by atoms with Crippen molar-refractivity contribution in [2.75, 3.05) is 32.8 Å². The van der Waals surface area contributed by atoms with E-state index < -0.39 is 79.7 Å². The van der Waals surface area contributed by atoms with E-state index in [1.165, 1.54) is 4.90 Å². The Kier molecular flexibility index (Phi) is 16.3. The quantitative estimate of drug-likeness (QED) is 0.0586. The second kappa shape index (κ2) is 16.8. The summed E-state index contributed by atoms with van der Waals surface area (Å²) in [4.78, 5) is 13.4. The maximum atomic E-state index is 12.0. The first-order valence-corrected chi connectivity index (χ1v) is 11.9. The number of aliphatic hydroxyl groups excluding tert-OH is 10. The summed E-state index contributed by atoms with van der Waals surface area (Å²) in [5.41, 5.74) is 5.16. The predicted molar refractivity (Wildman–Crippen MR) is 126 cm³/mol. The van der Waals surface area contributed by atoms with Crippen molar-refractivity contribution in [3.8, 4) is 0 Å². The van der Waals surface area contributed by atoms with Crippen LogP contribution >= 0.6 is 0 Å². The molecule has 36 heavy (non-hydrogen) atoms. The topological polar surface area (TPSA) is 258 Å². The third-order valence-electron chi connectivity index (χ3n) is 5.49. The Morgan fingerprint density at radius 1 is 0.750 bits per heavy atom. The van der Waals surface area contributed by atoms with E-state index in [0.29, 0.717) is 12.8 Å². The van der Waals surface area contributed by atoms with E-state index in [4.69, 9.17) is 20.7 Å². The lowest BCUT2D eigenvalue weighted by Crippen LogP contribution is -2.53. The zero-order valence-electron chi connectivity index (χ0n) is 21.2. The van der Waals surface area contributed by atoms with Gasteiger partial charge in [-0.3, -0.25) is 9.69 Å². The third kappa shape index (κ3) is 13.0. The molecule has 0 aromatic heterocycles. The van der Waals surface area contributed by atoms with Gasteiger partial charge in [-0.05, 0) is 40.2 Å². The van der Waals surface area contributed by atoms with Gasteiger partial charge < -0.3 is 61.5 Å². The van der Waals surface area contributed by atoms with E-state index >= 15 is 0 Å². The van der Waals surface area contributed by atoms with Gasteiger partial charge in [0.1, 0.15) is 48.3 Å². The SMILES string of the molecule is CC(C)(C)OC(=O)[C@@H](N)CCCCN(C[C@H](O)[C@@H](O)[C@H](O)[C@H](O)CO)C[C@H](O)[C@@H](O)C(O)[C@H](O)CO. The largest absolute Gasteiger partial charge is 0.459 e. The third-order valence-corrected chi connectivity index (χ3v) is 5.49. The highest BCUT2D eigenvalue weighted by atomic mass is 16.6. The molecule has 0 aromatic carbocycles. The van der Waals surface area contributed by atoms with Gasteiger partial charge in [-0.15, -0.1) is 0 Å². The molecule has 1 unspecified atom stereocenters. The lowest BCUT2D eigenvalue weighted by Gasteiger charge is -2.33. The molecule has 0 fully saturated rings. The van der Waals surface area contributed by atoms with E-state index in [0.717, 1.165) is 0 Å². The fourth-order valence-electron chi connectivity index (χ4n) is 3.32. The van der Waals surface area contributed by atoms with Crippen LogP contribution in [0.25, 0.3) is 0 Å². The number of nitrogens with zero attached hydrogens (tertiary/aromatic N) is 1. The van der Waals surface area contributed by atoms with Crippen molar-refractivity contribution in [3.63, 3.8) is 0 Å². The van der Waals surface area contributed by atoms with Crippen molar-refractivity contribution in [3.05, 3.63) is 0 Å². The molecule has 0 aliphatic rings. The highest BCUT2D eigenvalue weighted by Gasteiger charge is 2.34. The normalized spacial score (nSPS) is 20.2. The van der Waals surface area contributed by atoms with Gasteiger partial charge in [-0.2, -0.15) is 0 Å². The molecule has 9 atom stereocenters. The highest BCUT2D eigenvalue weighted by molar-refractivity contribution is 5.75. The van der Waals surface area contributed by atoms with E-state index in [2.05, 4.69) is 0 Å². The number of hydrogen-bond donors (Lipinski definition) is 11. The van der Waals surface area contributed by atoms with Crippen LogP contribution in [0.3, 0.4) is 0 Å². The summed E-state index contributed by atoms with van der Waals surface area (Å²) in [5, 5.41) is 97.4.